The largest absolute Gasteiger partial charge is 0.565 e. The summed E-state index contributed by atoms with van der Waals surface area (Å²) in [7, 11) is 0.793. The van der Waals surface area contributed by atoms with Gasteiger partial charge in [0.25, 0.3) is 0 Å². The fraction of sp³-hybridized carbons (Fsp3) is 0.846. The molecule has 0 radical (unpaired) electrons. The summed E-state index contributed by atoms with van der Waals surface area (Å²) in [6.07, 6.45) is 5.85. The van der Waals surface area contributed by atoms with Gasteiger partial charge in [-0.2, -0.15) is 0 Å². The Morgan fingerprint density at radius 2 is 2.00 bits per heavy atom. The molecule has 1 heterocycles. The Hall–Kier alpha value is -0.363. The molecule has 0 bridgehead atoms. The van der Waals surface area contributed by atoms with E-state index in [4.69, 9.17) is 18.0 Å². The number of hydrogen-bond donors (Lipinski definition) is 0. The zero-order chi connectivity index (χ0) is 13.2. The van der Waals surface area contributed by atoms with Gasteiger partial charge in [0.2, 0.25) is 0 Å². The van der Waals surface area contributed by atoms with Crippen molar-refractivity contribution in [3.63, 3.8) is 0 Å². The van der Waals surface area contributed by atoms with Gasteiger partial charge in [0.05, 0.1) is 18.0 Å². The molecule has 0 spiro atoms. The van der Waals surface area contributed by atoms with Gasteiger partial charge in [-0.1, -0.05) is 6.58 Å². The smallest absolute Gasteiger partial charge is 0.505 e. The van der Waals surface area contributed by atoms with E-state index in [9.17, 15) is 0 Å². The molecule has 1 saturated carbocycles. The number of rotatable bonds is 7. The van der Waals surface area contributed by atoms with Crippen LogP contribution < -0.4 is 0 Å². The Labute approximate surface area is 111 Å². The highest BCUT2D eigenvalue weighted by Gasteiger charge is 2.46. The summed E-state index contributed by atoms with van der Waals surface area (Å²) in [5, 5.41) is 0. The molecular formula is C13H24O4Si. The highest BCUT2D eigenvalue weighted by molar-refractivity contribution is 6.60. The molecule has 3 atom stereocenters. The molecule has 0 aromatic rings. The fourth-order valence-corrected chi connectivity index (χ4v) is 4.95. The van der Waals surface area contributed by atoms with E-state index in [1.165, 1.54) is 19.3 Å². The topological polar surface area (TPSA) is 40.2 Å². The maximum atomic E-state index is 5.73. The Balaban J connectivity index is 1.82. The van der Waals surface area contributed by atoms with Crippen LogP contribution in [0.4, 0.5) is 0 Å². The third-order valence-corrected chi connectivity index (χ3v) is 6.73. The molecule has 5 heteroatoms. The van der Waals surface area contributed by atoms with Gasteiger partial charge in [-0.3, -0.25) is 0 Å². The highest BCUT2D eigenvalue weighted by atomic mass is 28.4. The average molecular weight is 272 g/mol. The first-order valence-corrected chi connectivity index (χ1v) is 8.62. The van der Waals surface area contributed by atoms with Crippen molar-refractivity contribution in [1.29, 1.82) is 0 Å². The van der Waals surface area contributed by atoms with Crippen molar-refractivity contribution in [2.75, 3.05) is 14.2 Å². The van der Waals surface area contributed by atoms with Gasteiger partial charge in [0.1, 0.15) is 0 Å². The van der Waals surface area contributed by atoms with Gasteiger partial charge in [0.15, 0.2) is 0 Å². The van der Waals surface area contributed by atoms with Crippen molar-refractivity contribution in [2.24, 2.45) is 5.92 Å². The van der Waals surface area contributed by atoms with Crippen molar-refractivity contribution in [2.45, 2.75) is 50.9 Å². The lowest BCUT2D eigenvalue weighted by atomic mass is 9.88. The molecule has 4 nitrogen and oxygen atoms in total. The van der Waals surface area contributed by atoms with Crippen LogP contribution in [0.1, 0.15) is 32.6 Å². The third-order valence-electron chi connectivity index (χ3n) is 3.92. The molecule has 1 saturated heterocycles. The van der Waals surface area contributed by atoms with Crippen LogP contribution in [0.2, 0.25) is 6.04 Å². The quantitative estimate of drug-likeness (QED) is 0.406. The SMILES string of the molecule is C=C(C)O[Si](CCC1CCC2OC2C1)(OC)OC. The lowest BCUT2D eigenvalue weighted by molar-refractivity contribution is 0.127. The summed E-state index contributed by atoms with van der Waals surface area (Å²) in [4.78, 5) is 0. The van der Waals surface area contributed by atoms with Gasteiger partial charge in [-0.25, -0.2) is 0 Å². The van der Waals surface area contributed by atoms with Crippen molar-refractivity contribution in [3.8, 4) is 0 Å². The van der Waals surface area contributed by atoms with Crippen LogP contribution in [0.15, 0.2) is 12.3 Å². The molecule has 0 amide bonds. The second-order valence-electron chi connectivity index (χ2n) is 5.33. The molecule has 0 aromatic heterocycles. The molecule has 0 N–H and O–H groups in total. The Bertz CT molecular complexity index is 303. The molecule has 0 aromatic carbocycles. The van der Waals surface area contributed by atoms with Gasteiger partial charge in [-0.15, -0.1) is 0 Å². The number of ether oxygens (including phenoxy) is 1. The monoisotopic (exact) mass is 272 g/mol. The van der Waals surface area contributed by atoms with Crippen LogP contribution in [0, 0.1) is 5.92 Å². The molecule has 18 heavy (non-hydrogen) atoms. The molecule has 1 aliphatic carbocycles. The Morgan fingerprint density at radius 1 is 1.28 bits per heavy atom. The normalized spacial score (nSPS) is 30.7. The summed E-state index contributed by atoms with van der Waals surface area (Å²) < 4.78 is 22.4. The molecule has 2 fully saturated rings. The Morgan fingerprint density at radius 3 is 2.56 bits per heavy atom. The number of hydrogen-bond acceptors (Lipinski definition) is 4. The fourth-order valence-electron chi connectivity index (χ4n) is 2.82. The van der Waals surface area contributed by atoms with Gasteiger partial charge >= 0.3 is 8.80 Å². The van der Waals surface area contributed by atoms with Gasteiger partial charge in [0, 0.05) is 20.3 Å². The third kappa shape index (κ3) is 3.35. The van der Waals surface area contributed by atoms with Crippen molar-refractivity contribution < 1.29 is 18.0 Å². The average Bonchev–Trinajstić information content (AvgIpc) is 3.12. The van der Waals surface area contributed by atoms with Crippen molar-refractivity contribution >= 4 is 8.80 Å². The van der Waals surface area contributed by atoms with Crippen LogP contribution in [0.5, 0.6) is 0 Å². The minimum absolute atomic E-state index is 0.534. The second kappa shape index (κ2) is 5.73. The van der Waals surface area contributed by atoms with Crippen LogP contribution in [0.25, 0.3) is 0 Å². The molecule has 104 valence electrons. The minimum atomic E-state index is -2.54. The lowest BCUT2D eigenvalue weighted by Gasteiger charge is -2.29. The van der Waals surface area contributed by atoms with E-state index in [-0.39, 0.29) is 0 Å². The number of epoxide rings is 1. The first-order chi connectivity index (χ1) is 8.58. The van der Waals surface area contributed by atoms with Gasteiger partial charge < -0.3 is 18.0 Å². The second-order valence-corrected chi connectivity index (χ2v) is 8.21. The van der Waals surface area contributed by atoms with Crippen LogP contribution >= 0.6 is 0 Å². The highest BCUT2D eigenvalue weighted by Crippen LogP contribution is 2.41. The van der Waals surface area contributed by atoms with Crippen molar-refractivity contribution in [3.05, 3.63) is 12.3 Å². The standard InChI is InChI=1S/C13H24O4Si/c1-10(2)17-18(14-3,15-4)8-7-11-5-6-12-13(9-11)16-12/h11-13H,1,5-9H2,2-4H3. The summed E-state index contributed by atoms with van der Waals surface area (Å²) >= 11 is 0. The predicted octanol–water partition coefficient (Wildman–Crippen LogP) is 2.73. The molecule has 3 unspecified atom stereocenters. The lowest BCUT2D eigenvalue weighted by Crippen LogP contribution is -2.43. The zero-order valence-electron chi connectivity index (χ0n) is 11.6. The van der Waals surface area contributed by atoms with E-state index in [2.05, 4.69) is 6.58 Å². The molecule has 2 rings (SSSR count). The molecule has 2 aliphatic rings. The minimum Gasteiger partial charge on any atom is -0.505 e. The first kappa shape index (κ1) is 14.1. The summed E-state index contributed by atoms with van der Waals surface area (Å²) in [6.45, 7) is 5.62. The van der Waals surface area contributed by atoms with E-state index in [1.807, 2.05) is 6.92 Å². The van der Waals surface area contributed by atoms with E-state index in [0.717, 1.165) is 18.4 Å². The maximum Gasteiger partial charge on any atom is 0.565 e. The Kier molecular flexibility index (Phi) is 4.48. The maximum absolute atomic E-state index is 5.73. The van der Waals surface area contributed by atoms with Crippen LogP contribution in [0.3, 0.4) is 0 Å². The zero-order valence-corrected chi connectivity index (χ0v) is 12.6. The number of allylic oxidation sites excluding steroid dienone is 1. The van der Waals surface area contributed by atoms with E-state index >= 15 is 0 Å². The van der Waals surface area contributed by atoms with Crippen molar-refractivity contribution in [1.82, 2.24) is 0 Å². The van der Waals surface area contributed by atoms with E-state index in [1.54, 1.807) is 14.2 Å². The predicted molar refractivity (Wildman–Crippen MR) is 71.1 cm³/mol. The number of fused-ring (bicyclic) bond motifs is 1. The molecular weight excluding hydrogens is 248 g/mol. The van der Waals surface area contributed by atoms with Gasteiger partial charge in [-0.05, 0) is 38.5 Å². The van der Waals surface area contributed by atoms with Crippen LogP contribution in [-0.2, 0) is 18.0 Å². The van der Waals surface area contributed by atoms with E-state index in [0.29, 0.717) is 18.0 Å². The summed E-state index contributed by atoms with van der Waals surface area (Å²) in [5.41, 5.74) is 0. The van der Waals surface area contributed by atoms with E-state index < -0.39 is 8.80 Å². The first-order valence-electron chi connectivity index (χ1n) is 6.69. The summed E-state index contributed by atoms with van der Waals surface area (Å²) in [5.74, 6) is 1.39. The van der Waals surface area contributed by atoms with Crippen LogP contribution in [-0.4, -0.2) is 35.2 Å². The molecule has 1 aliphatic heterocycles. The summed E-state index contributed by atoms with van der Waals surface area (Å²) in [6, 6.07) is 0.856.